The van der Waals surface area contributed by atoms with Crippen LogP contribution in [0.3, 0.4) is 0 Å². The maximum absolute atomic E-state index is 11.0. The van der Waals surface area contributed by atoms with Gasteiger partial charge in [-0.25, -0.2) is 9.98 Å². The largest absolute Gasteiger partial charge is 0.331 e. The third kappa shape index (κ3) is 0.952. The smallest absolute Gasteiger partial charge is 0.273 e. The van der Waals surface area contributed by atoms with Gasteiger partial charge >= 0.3 is 0 Å². The number of halogens is 1. The zero-order valence-electron chi connectivity index (χ0n) is 5.41. The van der Waals surface area contributed by atoms with Crippen molar-refractivity contribution in [1.82, 2.24) is 5.32 Å². The molecule has 0 saturated heterocycles. The Morgan fingerprint density at radius 2 is 2.45 bits per heavy atom. The van der Waals surface area contributed by atoms with Crippen molar-refractivity contribution in [3.05, 3.63) is 11.8 Å². The molecular formula is C6H4ClN3O. The predicted molar refractivity (Wildman–Crippen MR) is 41.8 cm³/mol. The van der Waals surface area contributed by atoms with E-state index in [1.165, 1.54) is 6.34 Å². The highest BCUT2D eigenvalue weighted by atomic mass is 35.5. The van der Waals surface area contributed by atoms with Crippen molar-refractivity contribution in [3.63, 3.8) is 0 Å². The number of carbonyl (C=O) groups excluding carboxylic acids is 1. The van der Waals surface area contributed by atoms with Crippen molar-refractivity contribution >= 4 is 29.6 Å². The highest BCUT2D eigenvalue weighted by Gasteiger charge is 2.25. The fourth-order valence-corrected chi connectivity index (χ4v) is 1.17. The van der Waals surface area contributed by atoms with Crippen molar-refractivity contribution in [2.75, 3.05) is 0 Å². The first-order valence-corrected chi connectivity index (χ1v) is 3.48. The molecule has 56 valence electrons. The Bertz CT molecular complexity index is 305. The van der Waals surface area contributed by atoms with Gasteiger partial charge in [0, 0.05) is 0 Å². The number of fused-ring (bicyclic) bond motifs is 1. The molecule has 0 saturated carbocycles. The number of hydrogen-bond acceptors (Lipinski definition) is 3. The summed E-state index contributed by atoms with van der Waals surface area (Å²) in [7, 11) is 0. The molecule has 0 aromatic rings. The zero-order valence-corrected chi connectivity index (χ0v) is 6.17. The van der Waals surface area contributed by atoms with Gasteiger partial charge in [0.1, 0.15) is 11.8 Å². The Balaban J connectivity index is 2.45. The first-order chi connectivity index (χ1) is 5.27. The number of nitrogens with one attached hydrogen (secondary N) is 1. The molecule has 2 aliphatic rings. The standard InChI is InChI=1S/C6H4ClN3O/c7-4-1-3-5(6(11)10-4)9-2-8-3/h1-2,4H,(H,10,11). The molecule has 0 radical (unpaired) electrons. The molecule has 2 aliphatic heterocycles. The lowest BCUT2D eigenvalue weighted by molar-refractivity contribution is -0.114. The van der Waals surface area contributed by atoms with Crippen LogP contribution in [-0.2, 0) is 4.79 Å². The number of carbonyl (C=O) groups is 1. The van der Waals surface area contributed by atoms with E-state index in [1.54, 1.807) is 6.08 Å². The van der Waals surface area contributed by atoms with Gasteiger partial charge in [-0.05, 0) is 6.08 Å². The first-order valence-electron chi connectivity index (χ1n) is 3.05. The summed E-state index contributed by atoms with van der Waals surface area (Å²) in [6.07, 6.45) is 2.99. The van der Waals surface area contributed by atoms with E-state index in [0.717, 1.165) is 0 Å². The summed E-state index contributed by atoms with van der Waals surface area (Å²) < 4.78 is 0. The van der Waals surface area contributed by atoms with Crippen LogP contribution < -0.4 is 5.32 Å². The van der Waals surface area contributed by atoms with Crippen molar-refractivity contribution < 1.29 is 4.79 Å². The Morgan fingerprint density at radius 1 is 1.64 bits per heavy atom. The van der Waals surface area contributed by atoms with Crippen LogP contribution in [0, 0.1) is 0 Å². The van der Waals surface area contributed by atoms with Crippen LogP contribution in [0.2, 0.25) is 0 Å². The monoisotopic (exact) mass is 169 g/mol. The molecule has 0 spiro atoms. The van der Waals surface area contributed by atoms with Gasteiger partial charge in [0.25, 0.3) is 5.91 Å². The van der Waals surface area contributed by atoms with Crippen LogP contribution >= 0.6 is 11.6 Å². The third-order valence-corrected chi connectivity index (χ3v) is 1.65. The van der Waals surface area contributed by atoms with E-state index in [0.29, 0.717) is 11.4 Å². The molecule has 0 fully saturated rings. The lowest BCUT2D eigenvalue weighted by Crippen LogP contribution is -2.39. The zero-order chi connectivity index (χ0) is 7.84. The van der Waals surface area contributed by atoms with Crippen LogP contribution in [0.15, 0.2) is 21.8 Å². The molecule has 1 unspecified atom stereocenters. The van der Waals surface area contributed by atoms with Crippen LogP contribution in [0.25, 0.3) is 0 Å². The summed E-state index contributed by atoms with van der Waals surface area (Å²) in [4.78, 5) is 18.6. The molecule has 1 amide bonds. The Kier molecular flexibility index (Phi) is 1.29. The molecule has 0 aromatic heterocycles. The van der Waals surface area contributed by atoms with Gasteiger partial charge < -0.3 is 5.32 Å². The second kappa shape index (κ2) is 2.17. The number of amides is 1. The van der Waals surface area contributed by atoms with Gasteiger partial charge in [-0.1, -0.05) is 11.6 Å². The fraction of sp³-hybridized carbons (Fsp3) is 0.167. The maximum atomic E-state index is 11.0. The maximum Gasteiger partial charge on any atom is 0.273 e. The van der Waals surface area contributed by atoms with Gasteiger partial charge in [-0.3, -0.25) is 4.79 Å². The topological polar surface area (TPSA) is 53.8 Å². The summed E-state index contributed by atoms with van der Waals surface area (Å²) in [5.41, 5.74) is 0.447. The molecule has 0 bridgehead atoms. The van der Waals surface area contributed by atoms with Gasteiger partial charge in [0.15, 0.2) is 5.71 Å². The minimum atomic E-state index is -0.466. The Labute approximate surface area is 67.7 Å². The molecule has 4 nitrogen and oxygen atoms in total. The lowest BCUT2D eigenvalue weighted by Gasteiger charge is -2.13. The van der Waals surface area contributed by atoms with E-state index in [4.69, 9.17) is 11.6 Å². The molecule has 0 aliphatic carbocycles. The molecule has 5 heteroatoms. The average Bonchev–Trinajstić information content (AvgIpc) is 2.34. The third-order valence-electron chi connectivity index (χ3n) is 1.41. The molecule has 2 heterocycles. The summed E-state index contributed by atoms with van der Waals surface area (Å²) in [6.45, 7) is 0. The molecule has 11 heavy (non-hydrogen) atoms. The van der Waals surface area contributed by atoms with E-state index in [-0.39, 0.29) is 5.91 Å². The quantitative estimate of drug-likeness (QED) is 0.404. The molecule has 1 atom stereocenters. The van der Waals surface area contributed by atoms with E-state index in [2.05, 4.69) is 15.3 Å². The Morgan fingerprint density at radius 3 is 3.27 bits per heavy atom. The van der Waals surface area contributed by atoms with E-state index < -0.39 is 5.50 Å². The average molecular weight is 170 g/mol. The SMILES string of the molecule is O=C1NC(Cl)C=C2N=CN=C12. The second-order valence-electron chi connectivity index (χ2n) is 2.15. The van der Waals surface area contributed by atoms with Crippen LogP contribution in [-0.4, -0.2) is 23.5 Å². The van der Waals surface area contributed by atoms with Crippen LogP contribution in [0.5, 0.6) is 0 Å². The first kappa shape index (κ1) is 6.54. The normalized spacial score (nSPS) is 27.4. The lowest BCUT2D eigenvalue weighted by atomic mass is 10.2. The summed E-state index contributed by atoms with van der Waals surface area (Å²) >= 11 is 5.64. The van der Waals surface area contributed by atoms with Crippen molar-refractivity contribution in [1.29, 1.82) is 0 Å². The number of hydrogen-bond donors (Lipinski definition) is 1. The highest BCUT2D eigenvalue weighted by Crippen LogP contribution is 2.13. The molecule has 1 N–H and O–H groups in total. The van der Waals surface area contributed by atoms with Gasteiger partial charge in [-0.2, -0.15) is 0 Å². The van der Waals surface area contributed by atoms with Crippen molar-refractivity contribution in [2.45, 2.75) is 5.50 Å². The highest BCUT2D eigenvalue weighted by molar-refractivity contribution is 6.49. The fourth-order valence-electron chi connectivity index (χ4n) is 0.947. The van der Waals surface area contributed by atoms with Gasteiger partial charge in [0.2, 0.25) is 0 Å². The number of alkyl halides is 1. The predicted octanol–water partition coefficient (Wildman–Crippen LogP) is 0.0479. The number of nitrogens with zero attached hydrogens (tertiary/aromatic N) is 2. The molecular weight excluding hydrogens is 166 g/mol. The molecule has 2 rings (SSSR count). The Hall–Kier alpha value is -1.16. The van der Waals surface area contributed by atoms with E-state index in [9.17, 15) is 4.79 Å². The minimum Gasteiger partial charge on any atom is -0.331 e. The number of aliphatic imine (C=N–C) groups is 2. The summed E-state index contributed by atoms with van der Waals surface area (Å²) in [5, 5.41) is 2.49. The minimum absolute atomic E-state index is 0.264. The van der Waals surface area contributed by atoms with E-state index in [1.807, 2.05) is 0 Å². The van der Waals surface area contributed by atoms with Crippen LogP contribution in [0.4, 0.5) is 0 Å². The van der Waals surface area contributed by atoms with Crippen LogP contribution in [0.1, 0.15) is 0 Å². The van der Waals surface area contributed by atoms with Crippen molar-refractivity contribution in [3.8, 4) is 0 Å². The van der Waals surface area contributed by atoms with Gasteiger partial charge in [-0.15, -0.1) is 0 Å². The number of rotatable bonds is 0. The van der Waals surface area contributed by atoms with E-state index >= 15 is 0 Å². The second-order valence-corrected chi connectivity index (χ2v) is 2.62. The summed E-state index contributed by atoms with van der Waals surface area (Å²) in [6, 6.07) is 0. The van der Waals surface area contributed by atoms with Gasteiger partial charge in [0.05, 0.1) is 5.70 Å². The molecule has 0 aromatic carbocycles. The van der Waals surface area contributed by atoms with Crippen molar-refractivity contribution in [2.24, 2.45) is 9.98 Å². The summed E-state index contributed by atoms with van der Waals surface area (Å²) in [5.74, 6) is -0.264.